The lowest BCUT2D eigenvalue weighted by Crippen LogP contribution is -2.32. The number of nitrogens with zero attached hydrogens (tertiary/aromatic N) is 3. The first-order valence-corrected chi connectivity index (χ1v) is 4.59. The van der Waals surface area contributed by atoms with Crippen molar-refractivity contribution >= 4 is 11.4 Å². The van der Waals surface area contributed by atoms with E-state index in [1.807, 2.05) is 24.0 Å². The third-order valence-corrected chi connectivity index (χ3v) is 2.09. The zero-order valence-electron chi connectivity index (χ0n) is 8.38. The van der Waals surface area contributed by atoms with Crippen molar-refractivity contribution in [3.8, 4) is 0 Å². The van der Waals surface area contributed by atoms with Gasteiger partial charge in [0.1, 0.15) is 6.23 Å². The monoisotopic (exact) mass is 192 g/mol. The van der Waals surface area contributed by atoms with Gasteiger partial charge in [-0.2, -0.15) is 0 Å². The summed E-state index contributed by atoms with van der Waals surface area (Å²) < 4.78 is 0. The zero-order chi connectivity index (χ0) is 10.6. The van der Waals surface area contributed by atoms with Crippen molar-refractivity contribution in [2.75, 3.05) is 11.4 Å². The standard InChI is InChI=1S/C10H14N3O/c1-3-13(8(2)14)10-6-4-9(12-11)5-7-10/h4-8,14H,3H2,1-2H3/q+1. The van der Waals surface area contributed by atoms with Crippen LogP contribution in [0.1, 0.15) is 13.8 Å². The number of aliphatic hydroxyl groups is 1. The molecule has 1 aromatic rings. The van der Waals surface area contributed by atoms with E-state index in [-0.39, 0.29) is 0 Å². The van der Waals surface area contributed by atoms with Gasteiger partial charge in [0.15, 0.2) is 4.98 Å². The van der Waals surface area contributed by atoms with Gasteiger partial charge < -0.3 is 10.0 Å². The number of rotatable bonds is 3. The van der Waals surface area contributed by atoms with Gasteiger partial charge in [0.05, 0.1) is 0 Å². The first kappa shape index (κ1) is 10.5. The topological polar surface area (TPSA) is 51.6 Å². The van der Waals surface area contributed by atoms with Gasteiger partial charge in [-0.1, -0.05) is 0 Å². The third-order valence-electron chi connectivity index (χ3n) is 2.09. The van der Waals surface area contributed by atoms with Gasteiger partial charge >= 0.3 is 5.69 Å². The lowest BCUT2D eigenvalue weighted by molar-refractivity contribution is 0.190. The Balaban J connectivity index is 2.90. The minimum absolute atomic E-state index is 0.510. The molecule has 0 fully saturated rings. The van der Waals surface area contributed by atoms with E-state index in [2.05, 4.69) is 4.98 Å². The van der Waals surface area contributed by atoms with E-state index in [0.29, 0.717) is 5.69 Å². The quantitative estimate of drug-likeness (QED) is 0.590. The summed E-state index contributed by atoms with van der Waals surface area (Å²) >= 11 is 0. The second-order valence-electron chi connectivity index (χ2n) is 3.03. The number of hydrogen-bond donors (Lipinski definition) is 1. The summed E-state index contributed by atoms with van der Waals surface area (Å²) in [6.45, 7) is 4.41. The highest BCUT2D eigenvalue weighted by molar-refractivity contribution is 5.55. The number of anilines is 1. The average molecular weight is 192 g/mol. The number of diazo groups is 1. The molecule has 0 aliphatic carbocycles. The number of benzene rings is 1. The van der Waals surface area contributed by atoms with Crippen molar-refractivity contribution in [2.45, 2.75) is 20.1 Å². The van der Waals surface area contributed by atoms with Gasteiger partial charge in [0.25, 0.3) is 0 Å². The zero-order valence-corrected chi connectivity index (χ0v) is 8.38. The Kier molecular flexibility index (Phi) is 3.43. The molecule has 0 aromatic heterocycles. The predicted octanol–water partition coefficient (Wildman–Crippen LogP) is 2.34. The molecule has 0 aliphatic rings. The van der Waals surface area contributed by atoms with E-state index >= 15 is 0 Å². The van der Waals surface area contributed by atoms with Crippen molar-refractivity contribution in [2.24, 2.45) is 0 Å². The molecule has 1 atom stereocenters. The SMILES string of the molecule is CCN(c1ccc([N+]#N)cc1)C(C)O. The molecule has 4 nitrogen and oxygen atoms in total. The van der Waals surface area contributed by atoms with Gasteiger partial charge in [-0.15, -0.1) is 0 Å². The molecule has 74 valence electrons. The Morgan fingerprint density at radius 2 is 2.00 bits per heavy atom. The third kappa shape index (κ3) is 2.21. The molecule has 0 spiro atoms. The second-order valence-corrected chi connectivity index (χ2v) is 3.03. The van der Waals surface area contributed by atoms with Crippen LogP contribution in [0.3, 0.4) is 0 Å². The molecule has 1 rings (SSSR count). The van der Waals surface area contributed by atoms with Gasteiger partial charge in [-0.3, -0.25) is 0 Å². The molecular weight excluding hydrogens is 178 g/mol. The predicted molar refractivity (Wildman–Crippen MR) is 55.9 cm³/mol. The first-order valence-electron chi connectivity index (χ1n) is 4.59. The van der Waals surface area contributed by atoms with Crippen molar-refractivity contribution < 1.29 is 5.11 Å². The lowest BCUT2D eigenvalue weighted by atomic mass is 10.2. The molecule has 0 radical (unpaired) electrons. The highest BCUT2D eigenvalue weighted by Gasteiger charge is 2.11. The first-order chi connectivity index (χ1) is 6.69. The highest BCUT2D eigenvalue weighted by atomic mass is 16.3. The maximum Gasteiger partial charge on any atom is 0.385 e. The van der Waals surface area contributed by atoms with Gasteiger partial charge in [-0.05, 0) is 26.0 Å². The van der Waals surface area contributed by atoms with Crippen LogP contribution in [0.5, 0.6) is 0 Å². The minimum atomic E-state index is -0.517. The number of hydrogen-bond acceptors (Lipinski definition) is 3. The van der Waals surface area contributed by atoms with E-state index in [1.54, 1.807) is 19.1 Å². The molecule has 0 saturated carbocycles. The molecule has 1 N–H and O–H groups in total. The fourth-order valence-electron chi connectivity index (χ4n) is 1.37. The summed E-state index contributed by atoms with van der Waals surface area (Å²) in [7, 11) is 0. The summed E-state index contributed by atoms with van der Waals surface area (Å²) in [5.41, 5.74) is 1.42. The van der Waals surface area contributed by atoms with Crippen LogP contribution in [0.4, 0.5) is 11.4 Å². The van der Waals surface area contributed by atoms with Gasteiger partial charge in [-0.25, -0.2) is 0 Å². The van der Waals surface area contributed by atoms with Crippen molar-refractivity contribution in [3.63, 3.8) is 0 Å². The number of aliphatic hydroxyl groups excluding tert-OH is 1. The van der Waals surface area contributed by atoms with E-state index in [4.69, 9.17) is 5.39 Å². The van der Waals surface area contributed by atoms with Crippen LogP contribution in [0.15, 0.2) is 24.3 Å². The van der Waals surface area contributed by atoms with Crippen LogP contribution in [0.2, 0.25) is 0 Å². The van der Waals surface area contributed by atoms with Crippen LogP contribution in [-0.4, -0.2) is 17.9 Å². The van der Waals surface area contributed by atoms with E-state index in [9.17, 15) is 5.11 Å². The van der Waals surface area contributed by atoms with Crippen LogP contribution >= 0.6 is 0 Å². The van der Waals surface area contributed by atoms with Crippen molar-refractivity contribution in [1.29, 1.82) is 5.39 Å². The Labute approximate surface area is 83.4 Å². The Morgan fingerprint density at radius 1 is 1.43 bits per heavy atom. The maximum atomic E-state index is 9.45. The summed E-state index contributed by atoms with van der Waals surface area (Å²) in [6.07, 6.45) is -0.517. The van der Waals surface area contributed by atoms with Gasteiger partial charge in [0, 0.05) is 24.4 Å². The molecule has 14 heavy (non-hydrogen) atoms. The van der Waals surface area contributed by atoms with E-state index in [0.717, 1.165) is 12.2 Å². The van der Waals surface area contributed by atoms with Crippen molar-refractivity contribution in [1.82, 2.24) is 0 Å². The highest BCUT2D eigenvalue weighted by Crippen LogP contribution is 2.20. The largest absolute Gasteiger partial charge is 0.385 e. The maximum absolute atomic E-state index is 9.45. The molecule has 1 aromatic carbocycles. The average Bonchev–Trinajstić information content (AvgIpc) is 2.19. The molecule has 0 heterocycles. The summed E-state index contributed by atoms with van der Waals surface area (Å²) in [5.74, 6) is 0. The van der Waals surface area contributed by atoms with Gasteiger partial charge in [0.2, 0.25) is 5.39 Å². The van der Waals surface area contributed by atoms with Crippen LogP contribution < -0.4 is 4.90 Å². The summed E-state index contributed by atoms with van der Waals surface area (Å²) in [6, 6.07) is 7.01. The van der Waals surface area contributed by atoms with Crippen LogP contribution in [0.25, 0.3) is 4.98 Å². The van der Waals surface area contributed by atoms with E-state index in [1.165, 1.54) is 0 Å². The molecule has 0 aliphatic heterocycles. The molecule has 4 heteroatoms. The molecule has 0 amide bonds. The summed E-state index contributed by atoms with van der Waals surface area (Å²) in [5, 5.41) is 17.9. The Morgan fingerprint density at radius 3 is 2.36 bits per heavy atom. The minimum Gasteiger partial charge on any atom is -0.374 e. The fourth-order valence-corrected chi connectivity index (χ4v) is 1.37. The second kappa shape index (κ2) is 4.58. The molecule has 0 bridgehead atoms. The fraction of sp³-hybridized carbons (Fsp3) is 0.400. The molecule has 0 saturated heterocycles. The van der Waals surface area contributed by atoms with E-state index < -0.39 is 6.23 Å². The lowest BCUT2D eigenvalue weighted by Gasteiger charge is -2.25. The molecular formula is C10H14N3O+. The summed E-state index contributed by atoms with van der Waals surface area (Å²) in [4.78, 5) is 4.90. The molecule has 1 unspecified atom stereocenters. The Bertz CT molecular complexity index is 326. The van der Waals surface area contributed by atoms with Crippen LogP contribution in [-0.2, 0) is 0 Å². The normalized spacial score (nSPS) is 11.9. The Hall–Kier alpha value is -1.60. The smallest absolute Gasteiger partial charge is 0.374 e. The van der Waals surface area contributed by atoms with Crippen LogP contribution in [0, 0.1) is 5.39 Å². The van der Waals surface area contributed by atoms with Crippen molar-refractivity contribution in [3.05, 3.63) is 29.2 Å².